The van der Waals surface area contributed by atoms with Crippen molar-refractivity contribution in [2.45, 2.75) is 33.6 Å². The van der Waals surface area contributed by atoms with Crippen LogP contribution in [0.3, 0.4) is 0 Å². The molecule has 1 N–H and O–H groups in total. The summed E-state index contributed by atoms with van der Waals surface area (Å²) in [6, 6.07) is 1.78. The summed E-state index contributed by atoms with van der Waals surface area (Å²) < 4.78 is 5.35. The van der Waals surface area contributed by atoms with Crippen molar-refractivity contribution in [3.05, 3.63) is 12.3 Å². The van der Waals surface area contributed by atoms with Gasteiger partial charge >= 0.3 is 0 Å². The molecule has 94 valence electrons. The molecule has 0 unspecified atom stereocenters. The lowest BCUT2D eigenvalue weighted by Crippen LogP contribution is -2.21. The molecule has 0 spiro atoms. The van der Waals surface area contributed by atoms with E-state index in [2.05, 4.69) is 29.1 Å². The van der Waals surface area contributed by atoms with Crippen LogP contribution in [0, 0.1) is 11.3 Å². The van der Waals surface area contributed by atoms with Crippen LogP contribution in [-0.2, 0) is 0 Å². The van der Waals surface area contributed by atoms with Crippen molar-refractivity contribution >= 4 is 5.95 Å². The average Bonchev–Trinajstić information content (AvgIpc) is 3.08. The summed E-state index contributed by atoms with van der Waals surface area (Å²) in [7, 11) is 0. The van der Waals surface area contributed by atoms with E-state index in [4.69, 9.17) is 4.74 Å². The SMILES string of the molecule is CCOc1ccnc(NCC2(C(C)C)CC2)n1. The minimum atomic E-state index is 0.463. The van der Waals surface area contributed by atoms with E-state index in [-0.39, 0.29) is 0 Å². The van der Waals surface area contributed by atoms with Crippen molar-refractivity contribution in [1.82, 2.24) is 9.97 Å². The summed E-state index contributed by atoms with van der Waals surface area (Å²) in [6.07, 6.45) is 4.35. The van der Waals surface area contributed by atoms with Gasteiger partial charge in [-0.25, -0.2) is 4.98 Å². The molecule has 1 aromatic heterocycles. The molecule has 1 aromatic rings. The van der Waals surface area contributed by atoms with Gasteiger partial charge in [-0.05, 0) is 31.1 Å². The summed E-state index contributed by atoms with van der Waals surface area (Å²) in [5.74, 6) is 2.02. The zero-order valence-electron chi connectivity index (χ0n) is 10.9. The Morgan fingerprint density at radius 2 is 2.24 bits per heavy atom. The molecule has 4 heteroatoms. The van der Waals surface area contributed by atoms with E-state index < -0.39 is 0 Å². The van der Waals surface area contributed by atoms with Crippen LogP contribution in [-0.4, -0.2) is 23.1 Å². The van der Waals surface area contributed by atoms with Crippen LogP contribution in [0.25, 0.3) is 0 Å². The fraction of sp³-hybridized carbons (Fsp3) is 0.692. The van der Waals surface area contributed by atoms with Crippen molar-refractivity contribution in [3.63, 3.8) is 0 Å². The molecule has 0 radical (unpaired) electrons. The van der Waals surface area contributed by atoms with Crippen LogP contribution in [0.5, 0.6) is 5.88 Å². The molecule has 0 aromatic carbocycles. The fourth-order valence-corrected chi connectivity index (χ4v) is 2.03. The second kappa shape index (κ2) is 4.90. The van der Waals surface area contributed by atoms with Crippen molar-refractivity contribution < 1.29 is 4.74 Å². The monoisotopic (exact) mass is 235 g/mol. The number of nitrogens with one attached hydrogen (secondary N) is 1. The minimum Gasteiger partial charge on any atom is -0.478 e. The van der Waals surface area contributed by atoms with Gasteiger partial charge in [-0.1, -0.05) is 13.8 Å². The van der Waals surface area contributed by atoms with Crippen molar-refractivity contribution in [3.8, 4) is 5.88 Å². The Labute approximate surface area is 103 Å². The maximum atomic E-state index is 5.35. The first kappa shape index (κ1) is 12.1. The lowest BCUT2D eigenvalue weighted by atomic mass is 9.92. The standard InChI is InChI=1S/C13H21N3O/c1-4-17-11-5-8-14-12(16-11)15-9-13(6-7-13)10(2)3/h5,8,10H,4,6-7,9H2,1-3H3,(H,14,15,16). The zero-order chi connectivity index (χ0) is 12.3. The molecule has 4 nitrogen and oxygen atoms in total. The highest BCUT2D eigenvalue weighted by molar-refractivity contribution is 5.28. The third kappa shape index (κ3) is 2.87. The van der Waals surface area contributed by atoms with E-state index in [0.29, 0.717) is 29.8 Å². The molecule has 0 saturated heterocycles. The van der Waals surface area contributed by atoms with Gasteiger partial charge in [0, 0.05) is 18.8 Å². The number of rotatable bonds is 6. The lowest BCUT2D eigenvalue weighted by Gasteiger charge is -2.19. The normalized spacial score (nSPS) is 16.9. The molecule has 2 rings (SSSR count). The number of nitrogens with zero attached hydrogens (tertiary/aromatic N) is 2. The smallest absolute Gasteiger partial charge is 0.225 e. The van der Waals surface area contributed by atoms with Gasteiger partial charge in [-0.15, -0.1) is 0 Å². The molecule has 0 atom stereocenters. The van der Waals surface area contributed by atoms with Gasteiger partial charge in [0.05, 0.1) is 6.61 Å². The lowest BCUT2D eigenvalue weighted by molar-refractivity contribution is 0.326. The number of hydrogen-bond donors (Lipinski definition) is 1. The molecule has 1 aliphatic rings. The third-order valence-electron chi connectivity index (χ3n) is 3.64. The van der Waals surface area contributed by atoms with E-state index in [1.165, 1.54) is 12.8 Å². The number of aromatic nitrogens is 2. The third-order valence-corrected chi connectivity index (χ3v) is 3.64. The van der Waals surface area contributed by atoms with E-state index >= 15 is 0 Å². The van der Waals surface area contributed by atoms with Gasteiger partial charge in [0.25, 0.3) is 0 Å². The summed E-state index contributed by atoms with van der Waals surface area (Å²) >= 11 is 0. The summed E-state index contributed by atoms with van der Waals surface area (Å²) in [4.78, 5) is 8.52. The van der Waals surface area contributed by atoms with Gasteiger partial charge < -0.3 is 10.1 Å². The van der Waals surface area contributed by atoms with Gasteiger partial charge in [0.1, 0.15) is 0 Å². The molecule has 1 saturated carbocycles. The first-order chi connectivity index (χ1) is 8.16. The van der Waals surface area contributed by atoms with Gasteiger partial charge in [-0.2, -0.15) is 4.98 Å². The number of anilines is 1. The first-order valence-corrected chi connectivity index (χ1v) is 6.36. The van der Waals surface area contributed by atoms with Crippen LogP contribution < -0.4 is 10.1 Å². The molecule has 0 bridgehead atoms. The first-order valence-electron chi connectivity index (χ1n) is 6.36. The Morgan fingerprint density at radius 1 is 1.47 bits per heavy atom. The highest BCUT2D eigenvalue weighted by atomic mass is 16.5. The van der Waals surface area contributed by atoms with E-state index in [1.807, 2.05) is 6.92 Å². The second-order valence-corrected chi connectivity index (χ2v) is 5.02. The molecule has 17 heavy (non-hydrogen) atoms. The van der Waals surface area contributed by atoms with Gasteiger partial charge in [0.15, 0.2) is 0 Å². The minimum absolute atomic E-state index is 0.463. The van der Waals surface area contributed by atoms with Gasteiger partial charge in [-0.3, -0.25) is 0 Å². The van der Waals surface area contributed by atoms with E-state index in [1.54, 1.807) is 12.3 Å². The quantitative estimate of drug-likeness (QED) is 0.823. The van der Waals surface area contributed by atoms with Crippen LogP contribution in [0.2, 0.25) is 0 Å². The van der Waals surface area contributed by atoms with E-state index in [9.17, 15) is 0 Å². The van der Waals surface area contributed by atoms with Crippen molar-refractivity contribution in [2.24, 2.45) is 11.3 Å². The predicted octanol–water partition coefficient (Wildman–Crippen LogP) is 2.72. The van der Waals surface area contributed by atoms with Crippen molar-refractivity contribution in [1.29, 1.82) is 0 Å². The zero-order valence-corrected chi connectivity index (χ0v) is 10.9. The Balaban J connectivity index is 1.93. The summed E-state index contributed by atoms with van der Waals surface area (Å²) in [5, 5.41) is 3.33. The maximum absolute atomic E-state index is 5.35. The highest BCUT2D eigenvalue weighted by Gasteiger charge is 2.45. The Morgan fingerprint density at radius 3 is 2.82 bits per heavy atom. The Hall–Kier alpha value is -1.32. The molecular weight excluding hydrogens is 214 g/mol. The van der Waals surface area contributed by atoms with Gasteiger partial charge in [0.2, 0.25) is 11.8 Å². The van der Waals surface area contributed by atoms with E-state index in [0.717, 1.165) is 6.54 Å². The predicted molar refractivity (Wildman–Crippen MR) is 68.2 cm³/mol. The fourth-order valence-electron chi connectivity index (χ4n) is 2.03. The van der Waals surface area contributed by atoms with Crippen LogP contribution >= 0.6 is 0 Å². The highest BCUT2D eigenvalue weighted by Crippen LogP contribution is 2.51. The van der Waals surface area contributed by atoms with Crippen LogP contribution in [0.1, 0.15) is 33.6 Å². The Bertz CT molecular complexity index is 375. The number of ether oxygens (including phenoxy) is 1. The molecule has 0 amide bonds. The summed E-state index contributed by atoms with van der Waals surface area (Å²) in [5.41, 5.74) is 0.463. The molecule has 1 aliphatic carbocycles. The average molecular weight is 235 g/mol. The van der Waals surface area contributed by atoms with Crippen molar-refractivity contribution in [2.75, 3.05) is 18.5 Å². The maximum Gasteiger partial charge on any atom is 0.225 e. The largest absolute Gasteiger partial charge is 0.478 e. The Kier molecular flexibility index (Phi) is 3.50. The second-order valence-electron chi connectivity index (χ2n) is 5.02. The molecular formula is C13H21N3O. The van der Waals surface area contributed by atoms with Crippen LogP contribution in [0.15, 0.2) is 12.3 Å². The van der Waals surface area contributed by atoms with Crippen LogP contribution in [0.4, 0.5) is 5.95 Å². The topological polar surface area (TPSA) is 47.0 Å². The molecule has 1 heterocycles. The summed E-state index contributed by atoms with van der Waals surface area (Å²) in [6.45, 7) is 8.11. The molecule has 0 aliphatic heterocycles. The number of hydrogen-bond acceptors (Lipinski definition) is 4. The molecule has 1 fully saturated rings.